The van der Waals surface area contributed by atoms with E-state index >= 15 is 0 Å². The van der Waals surface area contributed by atoms with Gasteiger partial charge < -0.3 is 0 Å². The van der Waals surface area contributed by atoms with Crippen LogP contribution in [0.5, 0.6) is 0 Å². The minimum absolute atomic E-state index is 0.0444. The molecule has 190 valence electrons. The first-order chi connectivity index (χ1) is 17.1. The van der Waals surface area contributed by atoms with Crippen LogP contribution in [0, 0.1) is 11.8 Å². The van der Waals surface area contributed by atoms with Gasteiger partial charge in [-0.05, 0) is 0 Å². The SMILES string of the molecule is CC(C=CC1C(C(C)(C)O)CCC1(C)O)=CC[PH](c1ccccc1)(c1ccccc1)c1ccccc1. The van der Waals surface area contributed by atoms with Crippen LogP contribution in [0.25, 0.3) is 0 Å². The van der Waals surface area contributed by atoms with Crippen molar-refractivity contribution in [3.8, 4) is 0 Å². The summed E-state index contributed by atoms with van der Waals surface area (Å²) >= 11 is 0. The third-order valence-electron chi connectivity index (χ3n) is 8.12. The molecule has 0 heterocycles. The van der Waals surface area contributed by atoms with E-state index in [1.54, 1.807) is 0 Å². The zero-order chi connectivity index (χ0) is 25.8. The Kier molecular flexibility index (Phi) is 8.00. The van der Waals surface area contributed by atoms with Crippen LogP contribution in [-0.4, -0.2) is 27.6 Å². The molecule has 0 bridgehead atoms. The Morgan fingerprint density at radius 1 is 0.889 bits per heavy atom. The normalized spacial score (nSPS) is 23.8. The molecular formula is C33H41O2P. The number of aliphatic hydroxyl groups is 2. The van der Waals surface area contributed by atoms with Gasteiger partial charge in [0.15, 0.2) is 0 Å². The van der Waals surface area contributed by atoms with E-state index in [9.17, 15) is 10.2 Å². The summed E-state index contributed by atoms with van der Waals surface area (Å²) < 4.78 is 0. The van der Waals surface area contributed by atoms with Crippen molar-refractivity contribution < 1.29 is 10.2 Å². The molecule has 3 heteroatoms. The zero-order valence-corrected chi connectivity index (χ0v) is 23.1. The topological polar surface area (TPSA) is 40.5 Å². The molecule has 3 aromatic rings. The number of benzene rings is 3. The summed E-state index contributed by atoms with van der Waals surface area (Å²) in [6, 6.07) is 32.9. The average Bonchev–Trinajstić information content (AvgIpc) is 3.19. The van der Waals surface area contributed by atoms with Crippen molar-refractivity contribution in [1.29, 1.82) is 0 Å². The van der Waals surface area contributed by atoms with Crippen LogP contribution in [0.3, 0.4) is 0 Å². The molecule has 2 N–H and O–H groups in total. The van der Waals surface area contributed by atoms with Crippen LogP contribution in [0.1, 0.15) is 40.5 Å². The summed E-state index contributed by atoms with van der Waals surface area (Å²) in [7, 11) is -2.32. The summed E-state index contributed by atoms with van der Waals surface area (Å²) in [4.78, 5) is 0. The van der Waals surface area contributed by atoms with Crippen molar-refractivity contribution in [3.63, 3.8) is 0 Å². The van der Waals surface area contributed by atoms with Crippen molar-refractivity contribution >= 4 is 23.2 Å². The molecule has 0 radical (unpaired) electrons. The van der Waals surface area contributed by atoms with E-state index in [-0.39, 0.29) is 11.8 Å². The van der Waals surface area contributed by atoms with Gasteiger partial charge in [-0.25, -0.2) is 0 Å². The second kappa shape index (κ2) is 10.9. The maximum absolute atomic E-state index is 11.0. The standard InChI is InChI=1S/C33H41O2P/c1-26(20-21-31-30(32(2,3)34)22-24-33(31,4)35)23-25-36(27-14-8-5-9-15-27,28-16-10-6-11-17-28)29-18-12-7-13-19-29/h5-21,23,30-31,34-36H,22,24-25H2,1-4H3. The van der Waals surface area contributed by atoms with Crippen LogP contribution in [0.4, 0.5) is 0 Å². The maximum atomic E-state index is 11.0. The Morgan fingerprint density at radius 3 is 1.75 bits per heavy atom. The second-order valence-electron chi connectivity index (χ2n) is 11.2. The molecule has 0 saturated heterocycles. The molecule has 4 rings (SSSR count). The Bertz CT molecular complexity index is 1080. The van der Waals surface area contributed by atoms with Crippen LogP contribution in [-0.2, 0) is 0 Å². The predicted octanol–water partition coefficient (Wildman–Crippen LogP) is 5.76. The Labute approximate surface area is 217 Å². The van der Waals surface area contributed by atoms with Crippen LogP contribution >= 0.6 is 7.26 Å². The molecule has 1 fully saturated rings. The molecule has 36 heavy (non-hydrogen) atoms. The summed E-state index contributed by atoms with van der Waals surface area (Å²) in [6.07, 6.45) is 9.16. The zero-order valence-electron chi connectivity index (χ0n) is 22.1. The molecule has 1 aliphatic rings. The summed E-state index contributed by atoms with van der Waals surface area (Å²) in [6.45, 7) is 7.79. The Balaban J connectivity index is 1.74. The number of hydrogen-bond acceptors (Lipinski definition) is 2. The first kappa shape index (κ1) is 26.6. The van der Waals surface area contributed by atoms with Crippen molar-refractivity contribution in [3.05, 3.63) is 115 Å². The van der Waals surface area contributed by atoms with Crippen molar-refractivity contribution in [2.75, 3.05) is 6.16 Å². The van der Waals surface area contributed by atoms with Crippen molar-refractivity contribution in [2.24, 2.45) is 11.8 Å². The van der Waals surface area contributed by atoms with Crippen LogP contribution in [0.2, 0.25) is 0 Å². The van der Waals surface area contributed by atoms with Gasteiger partial charge in [-0.1, -0.05) is 0 Å². The van der Waals surface area contributed by atoms with Crippen LogP contribution < -0.4 is 15.9 Å². The van der Waals surface area contributed by atoms with Gasteiger partial charge in [-0.2, -0.15) is 0 Å². The van der Waals surface area contributed by atoms with Crippen LogP contribution in [0.15, 0.2) is 115 Å². The van der Waals surface area contributed by atoms with Crippen molar-refractivity contribution in [1.82, 2.24) is 0 Å². The van der Waals surface area contributed by atoms with Crippen molar-refractivity contribution in [2.45, 2.75) is 51.7 Å². The fraction of sp³-hybridized carbons (Fsp3) is 0.333. The van der Waals surface area contributed by atoms with E-state index in [4.69, 9.17) is 0 Å². The van der Waals surface area contributed by atoms with E-state index < -0.39 is 18.5 Å². The molecule has 3 aromatic carbocycles. The molecule has 0 aromatic heterocycles. The van der Waals surface area contributed by atoms with Gasteiger partial charge in [-0.3, -0.25) is 0 Å². The minimum atomic E-state index is -2.32. The van der Waals surface area contributed by atoms with E-state index in [1.807, 2.05) is 20.8 Å². The van der Waals surface area contributed by atoms with E-state index in [1.165, 1.54) is 21.5 Å². The van der Waals surface area contributed by atoms with Gasteiger partial charge >= 0.3 is 218 Å². The predicted molar refractivity (Wildman–Crippen MR) is 157 cm³/mol. The summed E-state index contributed by atoms with van der Waals surface area (Å²) in [5.41, 5.74) is -0.423. The molecule has 0 amide bonds. The molecule has 0 spiro atoms. The third-order valence-corrected chi connectivity index (χ3v) is 12.9. The first-order valence-corrected chi connectivity index (χ1v) is 15.3. The average molecular weight is 501 g/mol. The molecule has 3 atom stereocenters. The first-order valence-electron chi connectivity index (χ1n) is 13.1. The number of allylic oxidation sites excluding steroid dienone is 3. The molecule has 1 saturated carbocycles. The van der Waals surface area contributed by atoms with Gasteiger partial charge in [0.2, 0.25) is 0 Å². The Hall–Kier alpha value is -2.51. The molecule has 0 aliphatic heterocycles. The van der Waals surface area contributed by atoms with Gasteiger partial charge in [0.05, 0.1) is 0 Å². The number of hydrogen-bond donors (Lipinski definition) is 2. The quantitative estimate of drug-likeness (QED) is 0.305. The second-order valence-corrected chi connectivity index (χ2v) is 15.1. The fourth-order valence-electron chi connectivity index (χ4n) is 6.02. The van der Waals surface area contributed by atoms with Gasteiger partial charge in [0.1, 0.15) is 0 Å². The van der Waals surface area contributed by atoms with E-state index in [0.29, 0.717) is 6.42 Å². The van der Waals surface area contributed by atoms with E-state index in [0.717, 1.165) is 12.6 Å². The van der Waals surface area contributed by atoms with Gasteiger partial charge in [0.25, 0.3) is 0 Å². The fourth-order valence-corrected chi connectivity index (χ4v) is 10.6. The summed E-state index contributed by atoms with van der Waals surface area (Å²) in [5, 5.41) is 25.9. The van der Waals surface area contributed by atoms with Gasteiger partial charge in [0, 0.05) is 0 Å². The monoisotopic (exact) mass is 500 g/mol. The van der Waals surface area contributed by atoms with E-state index in [2.05, 4.69) is 116 Å². The van der Waals surface area contributed by atoms with Gasteiger partial charge in [-0.15, -0.1) is 0 Å². The molecule has 1 aliphatic carbocycles. The Morgan fingerprint density at radius 2 is 1.33 bits per heavy atom. The molecule has 2 nitrogen and oxygen atoms in total. The molecular weight excluding hydrogens is 459 g/mol. The number of rotatable bonds is 8. The molecule has 3 unspecified atom stereocenters. The third kappa shape index (κ3) is 5.57. The summed E-state index contributed by atoms with van der Waals surface area (Å²) in [5.74, 6) is -0.0248.